The van der Waals surface area contributed by atoms with Crippen LogP contribution in [0.15, 0.2) is 32.0 Å². The Balaban J connectivity index is 2.43. The van der Waals surface area contributed by atoms with Gasteiger partial charge in [-0.3, -0.25) is 0 Å². The topological polar surface area (TPSA) is 46.6 Å². The normalized spacial score (nSPS) is 21.5. The first-order valence-electron chi connectivity index (χ1n) is 5.57. The van der Waals surface area contributed by atoms with Crippen molar-refractivity contribution in [3.63, 3.8) is 0 Å². The highest BCUT2D eigenvalue weighted by molar-refractivity contribution is 9.11. The number of rotatable bonds is 3. The molecule has 0 spiro atoms. The van der Waals surface area contributed by atoms with Crippen molar-refractivity contribution >= 4 is 53.5 Å². The Bertz CT molecular complexity index is 567. The highest BCUT2D eigenvalue weighted by Crippen LogP contribution is 2.30. The number of ether oxygens (including phenoxy) is 1. The number of hydrogen-bond acceptors (Lipinski definition) is 3. The molecule has 0 radical (unpaired) electrons. The molecule has 0 saturated carbocycles. The van der Waals surface area contributed by atoms with Gasteiger partial charge in [0.1, 0.15) is 0 Å². The third-order valence-corrected chi connectivity index (χ3v) is 6.63. The Hall–Kier alpha value is 0.340. The minimum atomic E-state index is -3.58. The SMILES string of the molecule is O=S(=O)(c1cc(Br)ccc1Br)N1CCOCC1CCl. The zero-order valence-corrected chi connectivity index (χ0v) is 14.6. The molecule has 106 valence electrons. The monoisotopic (exact) mass is 431 g/mol. The lowest BCUT2D eigenvalue weighted by molar-refractivity contribution is 0.0404. The molecule has 1 aliphatic heterocycles. The van der Waals surface area contributed by atoms with E-state index in [2.05, 4.69) is 31.9 Å². The predicted octanol–water partition coefficient (Wildman–Crippen LogP) is 2.84. The summed E-state index contributed by atoms with van der Waals surface area (Å²) in [5, 5.41) is 0. The second-order valence-corrected chi connectivity index (χ2v) is 8.01. The molecule has 0 bridgehead atoms. The number of nitrogens with zero attached hydrogens (tertiary/aromatic N) is 1. The molecule has 1 heterocycles. The molecule has 0 aromatic heterocycles. The van der Waals surface area contributed by atoms with E-state index in [-0.39, 0.29) is 16.8 Å². The van der Waals surface area contributed by atoms with Crippen LogP contribution in [0.25, 0.3) is 0 Å². The van der Waals surface area contributed by atoms with Gasteiger partial charge < -0.3 is 4.74 Å². The van der Waals surface area contributed by atoms with Gasteiger partial charge in [-0.05, 0) is 34.1 Å². The predicted molar refractivity (Wildman–Crippen MR) is 81.1 cm³/mol. The summed E-state index contributed by atoms with van der Waals surface area (Å²) >= 11 is 12.4. The van der Waals surface area contributed by atoms with E-state index >= 15 is 0 Å². The zero-order chi connectivity index (χ0) is 14.0. The van der Waals surface area contributed by atoms with Crippen LogP contribution in [0.5, 0.6) is 0 Å². The van der Waals surface area contributed by atoms with Crippen molar-refractivity contribution in [3.8, 4) is 0 Å². The molecule has 1 aromatic rings. The van der Waals surface area contributed by atoms with Gasteiger partial charge in [0.2, 0.25) is 10.0 Å². The molecule has 1 aromatic carbocycles. The van der Waals surface area contributed by atoms with E-state index in [1.165, 1.54) is 4.31 Å². The fraction of sp³-hybridized carbons (Fsp3) is 0.455. The number of alkyl halides is 1. The molecule has 1 aliphatic rings. The van der Waals surface area contributed by atoms with Gasteiger partial charge in [0.15, 0.2) is 0 Å². The largest absolute Gasteiger partial charge is 0.378 e. The summed E-state index contributed by atoms with van der Waals surface area (Å²) in [4.78, 5) is 0.235. The van der Waals surface area contributed by atoms with Crippen LogP contribution in [0.4, 0.5) is 0 Å². The van der Waals surface area contributed by atoms with Crippen LogP contribution in [0.2, 0.25) is 0 Å². The molecule has 1 saturated heterocycles. The molecular formula is C11H12Br2ClNO3S. The maximum absolute atomic E-state index is 12.7. The maximum Gasteiger partial charge on any atom is 0.244 e. The molecule has 1 atom stereocenters. The number of halogens is 3. The van der Waals surface area contributed by atoms with Gasteiger partial charge >= 0.3 is 0 Å². The summed E-state index contributed by atoms with van der Waals surface area (Å²) in [7, 11) is -3.58. The summed E-state index contributed by atoms with van der Waals surface area (Å²) in [6, 6.07) is 4.74. The van der Waals surface area contributed by atoms with Crippen LogP contribution in [-0.4, -0.2) is 44.4 Å². The van der Waals surface area contributed by atoms with Crippen LogP contribution in [-0.2, 0) is 14.8 Å². The van der Waals surface area contributed by atoms with Crippen molar-refractivity contribution in [2.45, 2.75) is 10.9 Å². The Morgan fingerprint density at radius 2 is 2.16 bits per heavy atom. The van der Waals surface area contributed by atoms with Crippen molar-refractivity contribution in [3.05, 3.63) is 27.1 Å². The summed E-state index contributed by atoms with van der Waals surface area (Å²) in [6.07, 6.45) is 0. The van der Waals surface area contributed by atoms with Crippen LogP contribution < -0.4 is 0 Å². The first kappa shape index (κ1) is 15.7. The Morgan fingerprint density at radius 1 is 1.42 bits per heavy atom. The summed E-state index contributed by atoms with van der Waals surface area (Å²) in [5.74, 6) is 0.213. The van der Waals surface area contributed by atoms with Gasteiger partial charge in [0.05, 0.1) is 24.2 Å². The minimum Gasteiger partial charge on any atom is -0.378 e. The zero-order valence-electron chi connectivity index (χ0n) is 9.85. The van der Waals surface area contributed by atoms with Crippen LogP contribution in [0.1, 0.15) is 0 Å². The van der Waals surface area contributed by atoms with E-state index in [9.17, 15) is 8.42 Å². The van der Waals surface area contributed by atoms with Crippen LogP contribution >= 0.6 is 43.5 Å². The molecule has 0 aliphatic carbocycles. The lowest BCUT2D eigenvalue weighted by Gasteiger charge is -2.33. The molecule has 1 fully saturated rings. The highest BCUT2D eigenvalue weighted by Gasteiger charge is 2.34. The number of hydrogen-bond donors (Lipinski definition) is 0. The minimum absolute atomic E-state index is 0.213. The van der Waals surface area contributed by atoms with E-state index in [1.54, 1.807) is 18.2 Å². The average Bonchev–Trinajstić information content (AvgIpc) is 2.41. The smallest absolute Gasteiger partial charge is 0.244 e. The van der Waals surface area contributed by atoms with Crippen molar-refractivity contribution in [2.75, 3.05) is 25.6 Å². The second kappa shape index (κ2) is 6.41. The van der Waals surface area contributed by atoms with Crippen molar-refractivity contribution < 1.29 is 13.2 Å². The van der Waals surface area contributed by atoms with Gasteiger partial charge in [-0.2, -0.15) is 4.31 Å². The number of morpholine rings is 1. The summed E-state index contributed by atoms with van der Waals surface area (Å²) in [6.45, 7) is 1.03. The second-order valence-electron chi connectivity index (χ2n) is 4.07. The van der Waals surface area contributed by atoms with Crippen molar-refractivity contribution in [2.24, 2.45) is 0 Å². The number of benzene rings is 1. The van der Waals surface area contributed by atoms with Gasteiger partial charge in [-0.25, -0.2) is 8.42 Å². The van der Waals surface area contributed by atoms with Gasteiger partial charge in [0.25, 0.3) is 0 Å². The molecule has 0 N–H and O–H groups in total. The van der Waals surface area contributed by atoms with Crippen LogP contribution in [0, 0.1) is 0 Å². The maximum atomic E-state index is 12.7. The van der Waals surface area contributed by atoms with Crippen LogP contribution in [0.3, 0.4) is 0 Å². The molecule has 19 heavy (non-hydrogen) atoms. The summed E-state index contributed by atoms with van der Waals surface area (Å²) in [5.41, 5.74) is 0. The lowest BCUT2D eigenvalue weighted by Crippen LogP contribution is -2.49. The molecule has 4 nitrogen and oxygen atoms in total. The Labute approximate surface area is 134 Å². The first-order chi connectivity index (χ1) is 8.96. The fourth-order valence-electron chi connectivity index (χ4n) is 1.88. The highest BCUT2D eigenvalue weighted by atomic mass is 79.9. The molecule has 2 rings (SSSR count). The van der Waals surface area contributed by atoms with Gasteiger partial charge in [-0.1, -0.05) is 15.9 Å². The third kappa shape index (κ3) is 3.33. The quantitative estimate of drug-likeness (QED) is 0.689. The summed E-state index contributed by atoms with van der Waals surface area (Å²) < 4.78 is 33.3. The van der Waals surface area contributed by atoms with Gasteiger partial charge in [-0.15, -0.1) is 11.6 Å². The Kier molecular flexibility index (Phi) is 5.30. The first-order valence-corrected chi connectivity index (χ1v) is 9.13. The Morgan fingerprint density at radius 3 is 2.84 bits per heavy atom. The third-order valence-electron chi connectivity index (χ3n) is 2.83. The molecule has 8 heteroatoms. The van der Waals surface area contributed by atoms with Crippen molar-refractivity contribution in [1.29, 1.82) is 0 Å². The average molecular weight is 434 g/mol. The molecule has 0 amide bonds. The molecule has 1 unspecified atom stereocenters. The lowest BCUT2D eigenvalue weighted by atomic mass is 10.3. The standard InChI is InChI=1S/C11H12Br2ClNO3S/c12-8-1-2-10(13)11(5-8)19(16,17)15-3-4-18-7-9(15)6-14/h1-2,5,9H,3-4,6-7H2. The van der Waals surface area contributed by atoms with E-state index < -0.39 is 10.0 Å². The fourth-order valence-corrected chi connectivity index (χ4v) is 5.27. The van der Waals surface area contributed by atoms with E-state index in [1.807, 2.05) is 0 Å². The van der Waals surface area contributed by atoms with Crippen molar-refractivity contribution in [1.82, 2.24) is 4.31 Å². The van der Waals surface area contributed by atoms with E-state index in [4.69, 9.17) is 16.3 Å². The molecular weight excluding hydrogens is 421 g/mol. The number of sulfonamides is 1. The van der Waals surface area contributed by atoms with Gasteiger partial charge in [0, 0.05) is 21.4 Å². The van der Waals surface area contributed by atoms with E-state index in [0.29, 0.717) is 28.7 Å². The van der Waals surface area contributed by atoms with E-state index in [0.717, 1.165) is 0 Å².